The molecule has 0 saturated carbocycles. The molecule has 0 radical (unpaired) electrons. The Bertz CT molecular complexity index is 369. The van der Waals surface area contributed by atoms with Gasteiger partial charge >= 0.3 is 0 Å². The number of rotatable bonds is 0. The summed E-state index contributed by atoms with van der Waals surface area (Å²) in [7, 11) is 1.79. The van der Waals surface area contributed by atoms with Crippen LogP contribution in [0.1, 0.15) is 19.0 Å². The minimum absolute atomic E-state index is 0.0982. The van der Waals surface area contributed by atoms with Gasteiger partial charge in [-0.15, -0.1) is 0 Å². The summed E-state index contributed by atoms with van der Waals surface area (Å²) in [6, 6.07) is 0. The topological polar surface area (TPSA) is 38.1 Å². The average molecular weight is 193 g/mol. The molecule has 4 heteroatoms. The summed E-state index contributed by atoms with van der Waals surface area (Å²) in [6.45, 7) is 4.88. The molecular formula is C10H15N3O. The maximum atomic E-state index is 11.8. The first-order valence-electron chi connectivity index (χ1n) is 4.91. The SMILES string of the molecule is Cc1cnc2n1CCC(C)C(=O)N2C. The Morgan fingerprint density at radius 2 is 2.29 bits per heavy atom. The summed E-state index contributed by atoms with van der Waals surface area (Å²) in [4.78, 5) is 17.7. The zero-order chi connectivity index (χ0) is 10.3. The largest absolute Gasteiger partial charge is 0.314 e. The Hall–Kier alpha value is -1.32. The molecule has 2 heterocycles. The smallest absolute Gasteiger partial charge is 0.231 e. The molecule has 1 aliphatic rings. The lowest BCUT2D eigenvalue weighted by atomic mass is 10.1. The molecule has 1 amide bonds. The van der Waals surface area contributed by atoms with Crippen LogP contribution in [0.4, 0.5) is 5.95 Å². The van der Waals surface area contributed by atoms with Gasteiger partial charge in [-0.2, -0.15) is 0 Å². The Labute approximate surface area is 83.5 Å². The highest BCUT2D eigenvalue weighted by Gasteiger charge is 2.26. The predicted molar refractivity (Wildman–Crippen MR) is 54.2 cm³/mol. The summed E-state index contributed by atoms with van der Waals surface area (Å²) in [5.74, 6) is 1.03. The van der Waals surface area contributed by atoms with Crippen molar-refractivity contribution in [2.75, 3.05) is 11.9 Å². The monoisotopic (exact) mass is 193 g/mol. The van der Waals surface area contributed by atoms with E-state index in [1.165, 1.54) is 0 Å². The average Bonchev–Trinajstić information content (AvgIpc) is 2.49. The van der Waals surface area contributed by atoms with Gasteiger partial charge in [0.2, 0.25) is 11.9 Å². The summed E-state index contributed by atoms with van der Waals surface area (Å²) in [6.07, 6.45) is 2.71. The van der Waals surface area contributed by atoms with Crippen LogP contribution in [0.25, 0.3) is 0 Å². The summed E-state index contributed by atoms with van der Waals surface area (Å²) >= 11 is 0. The molecule has 0 aromatic carbocycles. The van der Waals surface area contributed by atoms with Crippen molar-refractivity contribution in [1.82, 2.24) is 9.55 Å². The quantitative estimate of drug-likeness (QED) is 0.621. The zero-order valence-electron chi connectivity index (χ0n) is 8.82. The second-order valence-electron chi connectivity index (χ2n) is 3.94. The summed E-state index contributed by atoms with van der Waals surface area (Å²) in [5.41, 5.74) is 1.12. The third-order valence-corrected chi connectivity index (χ3v) is 2.87. The summed E-state index contributed by atoms with van der Waals surface area (Å²) in [5, 5.41) is 0. The molecule has 76 valence electrons. The van der Waals surface area contributed by atoms with E-state index in [-0.39, 0.29) is 11.8 Å². The molecule has 0 aliphatic carbocycles. The van der Waals surface area contributed by atoms with E-state index >= 15 is 0 Å². The highest BCUT2D eigenvalue weighted by Crippen LogP contribution is 2.22. The molecule has 1 atom stereocenters. The second kappa shape index (κ2) is 3.12. The van der Waals surface area contributed by atoms with Crippen molar-refractivity contribution in [1.29, 1.82) is 0 Å². The van der Waals surface area contributed by atoms with E-state index in [0.29, 0.717) is 0 Å². The van der Waals surface area contributed by atoms with Crippen LogP contribution >= 0.6 is 0 Å². The molecule has 1 aromatic heterocycles. The maximum Gasteiger partial charge on any atom is 0.231 e. The Kier molecular flexibility index (Phi) is 2.06. The first kappa shape index (κ1) is 9.24. The van der Waals surface area contributed by atoms with Gasteiger partial charge in [-0.25, -0.2) is 4.98 Å². The normalized spacial score (nSPS) is 22.1. The number of imidazole rings is 1. The zero-order valence-corrected chi connectivity index (χ0v) is 8.82. The standard InChI is InChI=1S/C10H15N3O/c1-7-4-5-13-8(2)6-11-10(13)12(3)9(7)14/h6-7H,4-5H2,1-3H3. The van der Waals surface area contributed by atoms with Crippen LogP contribution in [0.15, 0.2) is 6.20 Å². The molecule has 2 rings (SSSR count). The third kappa shape index (κ3) is 1.22. The van der Waals surface area contributed by atoms with Crippen LogP contribution in [0, 0.1) is 12.8 Å². The van der Waals surface area contributed by atoms with E-state index in [4.69, 9.17) is 0 Å². The minimum Gasteiger partial charge on any atom is -0.314 e. The number of amides is 1. The fourth-order valence-electron chi connectivity index (χ4n) is 1.87. The van der Waals surface area contributed by atoms with Crippen molar-refractivity contribution < 1.29 is 4.79 Å². The van der Waals surface area contributed by atoms with E-state index in [1.54, 1.807) is 11.9 Å². The molecule has 14 heavy (non-hydrogen) atoms. The number of aryl methyl sites for hydroxylation is 1. The number of fused-ring (bicyclic) bond motifs is 1. The molecule has 0 saturated heterocycles. The molecule has 0 N–H and O–H groups in total. The van der Waals surface area contributed by atoms with Gasteiger partial charge in [0.25, 0.3) is 0 Å². The molecule has 1 aliphatic heterocycles. The van der Waals surface area contributed by atoms with Crippen molar-refractivity contribution in [3.8, 4) is 0 Å². The number of aromatic nitrogens is 2. The van der Waals surface area contributed by atoms with E-state index < -0.39 is 0 Å². The van der Waals surface area contributed by atoms with E-state index in [9.17, 15) is 4.79 Å². The van der Waals surface area contributed by atoms with Crippen LogP contribution in [-0.4, -0.2) is 22.5 Å². The Balaban J connectivity index is 2.45. The number of carbonyl (C=O) groups is 1. The third-order valence-electron chi connectivity index (χ3n) is 2.87. The van der Waals surface area contributed by atoms with Gasteiger partial charge in [-0.1, -0.05) is 6.92 Å². The van der Waals surface area contributed by atoms with Gasteiger partial charge in [0, 0.05) is 25.2 Å². The van der Waals surface area contributed by atoms with Gasteiger partial charge in [-0.05, 0) is 13.3 Å². The van der Waals surface area contributed by atoms with Gasteiger partial charge in [-0.3, -0.25) is 9.69 Å². The lowest BCUT2D eigenvalue weighted by Crippen LogP contribution is -2.31. The van der Waals surface area contributed by atoms with Crippen LogP contribution < -0.4 is 4.90 Å². The number of hydrogen-bond acceptors (Lipinski definition) is 2. The fourth-order valence-corrected chi connectivity index (χ4v) is 1.87. The van der Waals surface area contributed by atoms with E-state index in [1.807, 2.05) is 20.0 Å². The highest BCUT2D eigenvalue weighted by molar-refractivity contribution is 5.93. The maximum absolute atomic E-state index is 11.8. The molecule has 1 unspecified atom stereocenters. The van der Waals surface area contributed by atoms with Crippen molar-refractivity contribution in [2.45, 2.75) is 26.8 Å². The molecule has 0 bridgehead atoms. The minimum atomic E-state index is 0.0982. The van der Waals surface area contributed by atoms with Crippen LogP contribution in [0.3, 0.4) is 0 Å². The fraction of sp³-hybridized carbons (Fsp3) is 0.600. The molecular weight excluding hydrogens is 178 g/mol. The van der Waals surface area contributed by atoms with Gasteiger partial charge in [0.15, 0.2) is 0 Å². The highest BCUT2D eigenvalue weighted by atomic mass is 16.2. The predicted octanol–water partition coefficient (Wildman–Crippen LogP) is 1.19. The van der Waals surface area contributed by atoms with Crippen LogP contribution in [0.5, 0.6) is 0 Å². The van der Waals surface area contributed by atoms with Crippen LogP contribution in [0.2, 0.25) is 0 Å². The van der Waals surface area contributed by atoms with E-state index in [2.05, 4.69) is 9.55 Å². The molecule has 0 fully saturated rings. The lowest BCUT2D eigenvalue weighted by molar-refractivity contribution is -0.121. The Morgan fingerprint density at radius 3 is 3.00 bits per heavy atom. The van der Waals surface area contributed by atoms with Crippen molar-refractivity contribution >= 4 is 11.9 Å². The first-order chi connectivity index (χ1) is 6.61. The van der Waals surface area contributed by atoms with Crippen molar-refractivity contribution in [3.05, 3.63) is 11.9 Å². The number of hydrogen-bond donors (Lipinski definition) is 0. The molecule has 0 spiro atoms. The summed E-state index contributed by atoms with van der Waals surface area (Å²) < 4.78 is 2.10. The second-order valence-corrected chi connectivity index (χ2v) is 3.94. The van der Waals surface area contributed by atoms with Crippen molar-refractivity contribution in [3.63, 3.8) is 0 Å². The molecule has 4 nitrogen and oxygen atoms in total. The van der Waals surface area contributed by atoms with Gasteiger partial charge in [0.1, 0.15) is 0 Å². The number of carbonyl (C=O) groups excluding carboxylic acids is 1. The van der Waals surface area contributed by atoms with E-state index in [0.717, 1.165) is 24.6 Å². The Morgan fingerprint density at radius 1 is 1.57 bits per heavy atom. The van der Waals surface area contributed by atoms with Gasteiger partial charge < -0.3 is 4.57 Å². The lowest BCUT2D eigenvalue weighted by Gasteiger charge is -2.15. The van der Waals surface area contributed by atoms with Gasteiger partial charge in [0.05, 0.1) is 6.20 Å². The van der Waals surface area contributed by atoms with Crippen LogP contribution in [-0.2, 0) is 11.3 Å². The number of anilines is 1. The number of nitrogens with zero attached hydrogens (tertiary/aromatic N) is 3. The van der Waals surface area contributed by atoms with Crippen molar-refractivity contribution in [2.24, 2.45) is 5.92 Å². The molecule has 1 aromatic rings. The first-order valence-corrected chi connectivity index (χ1v) is 4.91.